The smallest absolute Gasteiger partial charge is 0.917 e. The van der Waals surface area contributed by atoms with Crippen LogP contribution >= 0.6 is 0 Å². The van der Waals surface area contributed by atoms with Gasteiger partial charge >= 0.3 is 247 Å². The van der Waals surface area contributed by atoms with Crippen molar-refractivity contribution in [3.63, 3.8) is 0 Å². The van der Waals surface area contributed by atoms with Gasteiger partial charge in [-0.3, -0.25) is 17.5 Å². The van der Waals surface area contributed by atoms with Crippen molar-refractivity contribution >= 4 is 58.8 Å². The molecule has 23 nitrogen and oxygen atoms in total. The van der Waals surface area contributed by atoms with Gasteiger partial charge in [-0.25, -0.2) is 16.8 Å². The molecular weight excluding hydrogens is 748 g/mol. The van der Waals surface area contributed by atoms with Crippen LogP contribution in [0.25, 0.3) is 0 Å². The van der Waals surface area contributed by atoms with Crippen LogP contribution in [-0.2, 0) is 65.2 Å². The van der Waals surface area contributed by atoms with Gasteiger partial charge in [0, 0.05) is 10.4 Å². The quantitative estimate of drug-likeness (QED) is 0.0772. The van der Waals surface area contributed by atoms with Crippen molar-refractivity contribution in [1.29, 1.82) is 0 Å². The number of carbonyl (C=O) groups is 1. The molecule has 0 radical (unpaired) electrons. The van der Waals surface area contributed by atoms with Crippen molar-refractivity contribution < 1.29 is 342 Å². The molecule has 0 aromatic heterocycles. The maximum Gasteiger partial charge on any atom is 1.00 e. The number of aliphatic hydroxyl groups excluding tert-OH is 1. The Bertz CT molecular complexity index is 765. The van der Waals surface area contributed by atoms with Crippen LogP contribution in [0.3, 0.4) is 0 Å². The van der Waals surface area contributed by atoms with E-state index >= 15 is 0 Å². The summed E-state index contributed by atoms with van der Waals surface area (Å²) in [6.07, 6.45) is 0. The molecule has 0 unspecified atom stereocenters. The van der Waals surface area contributed by atoms with Gasteiger partial charge in [-0.05, 0) is 5.94 Å². The fourth-order valence-corrected chi connectivity index (χ4v) is 0. The van der Waals surface area contributed by atoms with Gasteiger partial charge in [-0.15, -0.1) is 0 Å². The minimum atomic E-state index is -5.17. The molecule has 0 aliphatic rings. The van der Waals surface area contributed by atoms with Crippen molar-refractivity contribution in [2.75, 3.05) is 11.9 Å². The molecule has 0 rings (SSSR count). The summed E-state index contributed by atoms with van der Waals surface area (Å²) in [6.45, 7) is 2.00. The van der Waals surface area contributed by atoms with Gasteiger partial charge in [-0.2, -0.15) is 19.4 Å². The Morgan fingerprint density at radius 1 is 0.615 bits per heavy atom. The molecule has 0 amide bonds. The summed E-state index contributed by atoms with van der Waals surface area (Å²) in [5, 5.41) is 16.6. The average Bonchev–Trinajstić information content (AvgIpc) is 2.35. The number of aliphatic hydroxyl groups is 1. The first-order chi connectivity index (χ1) is 11.9. The average molecular weight is 762 g/mol. The molecule has 0 aromatic carbocycles. The van der Waals surface area contributed by atoms with Gasteiger partial charge in [-0.1, -0.05) is 0 Å². The summed E-state index contributed by atoms with van der Waals surface area (Å²) in [5.41, 5.74) is 0. The largest absolute Gasteiger partial charge is 1.00 e. The van der Waals surface area contributed by atoms with Gasteiger partial charge in [0.1, 0.15) is 22.8 Å². The van der Waals surface area contributed by atoms with E-state index in [1.54, 1.807) is 0 Å². The van der Waals surface area contributed by atoms with Crippen LogP contribution in [0.2, 0.25) is 0 Å². The van der Waals surface area contributed by atoms with Crippen LogP contribution in [0.4, 0.5) is 0 Å². The second-order valence-corrected chi connectivity index (χ2v) is 7.27. The summed E-state index contributed by atoms with van der Waals surface area (Å²) in [4.78, 5) is 8.00. The van der Waals surface area contributed by atoms with Crippen molar-refractivity contribution in [2.24, 2.45) is 0 Å². The molecule has 0 aromatic rings. The van der Waals surface area contributed by atoms with Crippen LogP contribution in [0.5, 0.6) is 0 Å². The standard InChI is InChI=1S/CH4O4S.CH3O4S.CH2O.8Na.2H2O4S.O3S.3H2O/c2*2-1-6(3,4)5;1-2;;;;;;;;;2*1-5(2,3)4;1-4(2)3;;;/h2H,1H2,(H,3,4,5);1H2,(H,3,4,5);1H2;;;;;;;;;2*(H2,1,2,3,4);;3*1H2/q;-1;;8*+1;;;-2;;;/p-5. The van der Waals surface area contributed by atoms with E-state index in [4.69, 9.17) is 76.0 Å². The minimum absolute atomic E-state index is 0. The molecule has 8 N–H and O–H groups in total. The molecule has 0 aliphatic carbocycles. The Kier molecular flexibility index (Phi) is 191. The normalized spacial score (nSPS) is 7.54. The summed E-state index contributed by atoms with van der Waals surface area (Å²) >= 11 is 0. The van der Waals surface area contributed by atoms with Crippen molar-refractivity contribution in [3.8, 4) is 0 Å². The van der Waals surface area contributed by atoms with E-state index in [9.17, 15) is 13.0 Å². The summed E-state index contributed by atoms with van der Waals surface area (Å²) in [5.74, 6) is -2.88. The predicted molar refractivity (Wildman–Crippen MR) is 81.8 cm³/mol. The maximum absolute atomic E-state index is 9.19. The number of hydrogen-bond acceptors (Lipinski definition) is 20. The molecule has 0 saturated carbocycles. The molecule has 0 heterocycles. The topological polar surface area (TPSA) is 480 Å². The van der Waals surface area contributed by atoms with Crippen LogP contribution in [0.15, 0.2) is 0 Å². The molecule has 202 valence electrons. The van der Waals surface area contributed by atoms with E-state index in [0.29, 0.717) is 0 Å². The van der Waals surface area contributed by atoms with E-state index in [1.807, 2.05) is 6.79 Å². The number of rotatable bonds is 2. The molecule has 0 bridgehead atoms. The zero-order valence-corrected chi connectivity index (χ0v) is 42.0. The van der Waals surface area contributed by atoms with Crippen LogP contribution in [-0.4, -0.2) is 106 Å². The third kappa shape index (κ3) is 495. The SMILES string of the molecule is C=O.O.O.O=S(=O)(O)O.O=S(=O)([O-])CO.O=S(=O)([O-])C[O-].O=S(=O)([O-])[O-].O=[S-](=O)[O-].[Na+].[Na+].[Na+].[Na+].[Na+].[Na+].[Na+].[Na+].[OH-]. The molecule has 0 saturated heterocycles. The summed E-state index contributed by atoms with van der Waals surface area (Å²) in [6, 6.07) is 0. The van der Waals surface area contributed by atoms with Gasteiger partial charge in [0.25, 0.3) is 0 Å². The van der Waals surface area contributed by atoms with E-state index in [0.717, 1.165) is 0 Å². The first kappa shape index (κ1) is 111. The van der Waals surface area contributed by atoms with E-state index in [2.05, 4.69) is 0 Å². The third-order valence-electron chi connectivity index (χ3n) is 0.302. The summed E-state index contributed by atoms with van der Waals surface area (Å²) in [7, 11) is -21.8. The summed E-state index contributed by atoms with van der Waals surface area (Å²) < 4.78 is 146. The monoisotopic (exact) mass is 762 g/mol. The molecule has 39 heavy (non-hydrogen) atoms. The van der Waals surface area contributed by atoms with Crippen LogP contribution < -0.4 is 242 Å². The Labute approximate surface area is 403 Å². The predicted octanol–water partition coefficient (Wildman–Crippen LogP) is -32.2. The van der Waals surface area contributed by atoms with E-state index in [1.165, 1.54) is 0 Å². The van der Waals surface area contributed by atoms with E-state index in [-0.39, 0.29) is 253 Å². The second-order valence-electron chi connectivity index (χ2n) is 2.42. The minimum Gasteiger partial charge on any atom is -0.917 e. The Morgan fingerprint density at radius 3 is 0.667 bits per heavy atom. The van der Waals surface area contributed by atoms with Gasteiger partial charge < -0.3 is 62.6 Å². The van der Waals surface area contributed by atoms with Crippen LogP contribution in [0.1, 0.15) is 0 Å². The number of hydrogen-bond donors (Lipinski definition) is 3. The zero-order chi connectivity index (χ0) is 25.0. The molecule has 36 heteroatoms. The first-order valence-electron chi connectivity index (χ1n) is 4.34. The fourth-order valence-electron chi connectivity index (χ4n) is 0. The molecule has 0 spiro atoms. The fraction of sp³-hybridized carbons (Fsp3) is 0.667. The maximum atomic E-state index is 9.19. The zero-order valence-electron chi connectivity index (χ0n) is 21.9. The Morgan fingerprint density at radius 2 is 0.667 bits per heavy atom. The van der Waals surface area contributed by atoms with E-state index < -0.39 is 63.9 Å². The van der Waals surface area contributed by atoms with Crippen LogP contribution in [0, 0.1) is 0 Å². The second kappa shape index (κ2) is 67.2. The molecule has 0 aliphatic heterocycles. The third-order valence-corrected chi connectivity index (χ3v) is 0.907. The van der Waals surface area contributed by atoms with Crippen molar-refractivity contribution in [1.82, 2.24) is 0 Å². The number of carbonyl (C=O) groups excluding carboxylic acids is 1. The van der Waals surface area contributed by atoms with Gasteiger partial charge in [0.05, 0.1) is 10.1 Å². The molecular formula is C3H14Na8O23S5. The van der Waals surface area contributed by atoms with Crippen molar-refractivity contribution in [3.05, 3.63) is 0 Å². The van der Waals surface area contributed by atoms with Gasteiger partial charge in [0.2, 0.25) is 0 Å². The van der Waals surface area contributed by atoms with Gasteiger partial charge in [0.15, 0.2) is 0 Å². The molecule has 0 fully saturated rings. The van der Waals surface area contributed by atoms with Crippen molar-refractivity contribution in [2.45, 2.75) is 0 Å². The molecule has 0 atom stereocenters. The Balaban J connectivity index is -0.00000000955. The first-order valence-corrected chi connectivity index (χ1v) is 11.2. The Hall–Kier alpha value is 6.94.